The van der Waals surface area contributed by atoms with Gasteiger partial charge in [-0.25, -0.2) is 0 Å². The van der Waals surface area contributed by atoms with Crippen molar-refractivity contribution in [3.05, 3.63) is 71.8 Å². The summed E-state index contributed by atoms with van der Waals surface area (Å²) in [7, 11) is 0. The third kappa shape index (κ3) is 4.95. The SMILES string of the molecule is CCNC(=O)CN1CCN(C(=O)C(c2ccccc2)c2ccccc2)CC1. The van der Waals surface area contributed by atoms with E-state index in [4.69, 9.17) is 0 Å². The Balaban J connectivity index is 1.70. The van der Waals surface area contributed by atoms with E-state index in [0.717, 1.165) is 24.2 Å². The van der Waals surface area contributed by atoms with Crippen molar-refractivity contribution in [3.63, 3.8) is 0 Å². The normalized spacial score (nSPS) is 15.0. The molecule has 0 aliphatic carbocycles. The molecule has 1 heterocycles. The van der Waals surface area contributed by atoms with E-state index >= 15 is 0 Å². The Morgan fingerprint density at radius 3 is 1.89 bits per heavy atom. The zero-order chi connectivity index (χ0) is 19.1. The quantitative estimate of drug-likeness (QED) is 0.853. The van der Waals surface area contributed by atoms with Crippen LogP contribution in [0.3, 0.4) is 0 Å². The molecule has 1 saturated heterocycles. The number of amides is 2. The van der Waals surface area contributed by atoms with Crippen LogP contribution in [0.1, 0.15) is 24.0 Å². The lowest BCUT2D eigenvalue weighted by molar-refractivity contribution is -0.133. The Kier molecular flexibility index (Phi) is 6.60. The van der Waals surface area contributed by atoms with Gasteiger partial charge in [-0.3, -0.25) is 14.5 Å². The number of piperazine rings is 1. The van der Waals surface area contributed by atoms with Crippen LogP contribution < -0.4 is 5.32 Å². The summed E-state index contributed by atoms with van der Waals surface area (Å²) >= 11 is 0. The van der Waals surface area contributed by atoms with Crippen LogP contribution in [-0.2, 0) is 9.59 Å². The van der Waals surface area contributed by atoms with Gasteiger partial charge in [-0.1, -0.05) is 60.7 Å². The predicted molar refractivity (Wildman–Crippen MR) is 106 cm³/mol. The molecule has 1 aliphatic heterocycles. The highest BCUT2D eigenvalue weighted by molar-refractivity contribution is 5.87. The third-order valence-electron chi connectivity index (χ3n) is 4.94. The molecule has 1 N–H and O–H groups in total. The Morgan fingerprint density at radius 2 is 1.41 bits per heavy atom. The van der Waals surface area contributed by atoms with Crippen LogP contribution in [0.4, 0.5) is 0 Å². The summed E-state index contributed by atoms with van der Waals surface area (Å²) in [5, 5.41) is 2.83. The maximum Gasteiger partial charge on any atom is 0.234 e. The fourth-order valence-electron chi connectivity index (χ4n) is 3.53. The van der Waals surface area contributed by atoms with Crippen molar-refractivity contribution >= 4 is 11.8 Å². The number of benzene rings is 2. The standard InChI is InChI=1S/C22H27N3O2/c1-2-23-20(26)17-24-13-15-25(16-14-24)22(27)21(18-9-5-3-6-10-18)19-11-7-4-8-12-19/h3-12,21H,2,13-17H2,1H3,(H,23,26). The number of carbonyl (C=O) groups is 2. The van der Waals surface area contributed by atoms with Gasteiger partial charge in [0.25, 0.3) is 0 Å². The fourth-order valence-corrected chi connectivity index (χ4v) is 3.53. The Hall–Kier alpha value is -2.66. The molecule has 2 aromatic rings. The molecule has 0 atom stereocenters. The highest BCUT2D eigenvalue weighted by Gasteiger charge is 2.30. The maximum atomic E-state index is 13.4. The van der Waals surface area contributed by atoms with Gasteiger partial charge in [0, 0.05) is 32.7 Å². The van der Waals surface area contributed by atoms with E-state index in [-0.39, 0.29) is 17.7 Å². The lowest BCUT2D eigenvalue weighted by atomic mass is 9.90. The average molecular weight is 365 g/mol. The fraction of sp³-hybridized carbons (Fsp3) is 0.364. The molecule has 0 unspecified atom stereocenters. The molecular formula is C22H27N3O2. The summed E-state index contributed by atoms with van der Waals surface area (Å²) in [4.78, 5) is 29.2. The summed E-state index contributed by atoms with van der Waals surface area (Å²) in [5.74, 6) is -0.115. The van der Waals surface area contributed by atoms with E-state index in [2.05, 4.69) is 10.2 Å². The van der Waals surface area contributed by atoms with Gasteiger partial charge in [-0.15, -0.1) is 0 Å². The highest BCUT2D eigenvalue weighted by Crippen LogP contribution is 2.27. The van der Waals surface area contributed by atoms with Crippen LogP contribution in [0.5, 0.6) is 0 Å². The molecule has 27 heavy (non-hydrogen) atoms. The van der Waals surface area contributed by atoms with Gasteiger partial charge in [-0.05, 0) is 18.1 Å². The van der Waals surface area contributed by atoms with Crippen molar-refractivity contribution in [3.8, 4) is 0 Å². The number of rotatable bonds is 6. The molecule has 0 saturated carbocycles. The molecule has 0 radical (unpaired) electrons. The summed E-state index contributed by atoms with van der Waals surface area (Å²) in [6.45, 7) is 5.70. The van der Waals surface area contributed by atoms with Crippen molar-refractivity contribution in [2.24, 2.45) is 0 Å². The topological polar surface area (TPSA) is 52.7 Å². The van der Waals surface area contributed by atoms with Crippen molar-refractivity contribution in [1.82, 2.24) is 15.1 Å². The first kappa shape index (κ1) is 19.1. The monoisotopic (exact) mass is 365 g/mol. The van der Waals surface area contributed by atoms with Gasteiger partial charge in [0.05, 0.1) is 12.5 Å². The van der Waals surface area contributed by atoms with E-state index in [0.29, 0.717) is 26.2 Å². The van der Waals surface area contributed by atoms with Crippen LogP contribution in [-0.4, -0.2) is 60.9 Å². The van der Waals surface area contributed by atoms with Crippen LogP contribution in [0.15, 0.2) is 60.7 Å². The number of likely N-dealkylation sites (N-methyl/N-ethyl adjacent to an activating group) is 1. The molecule has 1 aliphatic rings. The molecular weight excluding hydrogens is 338 g/mol. The van der Waals surface area contributed by atoms with Gasteiger partial charge in [0.15, 0.2) is 0 Å². The molecule has 1 fully saturated rings. The number of hydrogen-bond acceptors (Lipinski definition) is 3. The Bertz CT molecular complexity index is 701. The number of carbonyl (C=O) groups excluding carboxylic acids is 2. The lowest BCUT2D eigenvalue weighted by Gasteiger charge is -2.36. The van der Waals surface area contributed by atoms with E-state index in [1.54, 1.807) is 0 Å². The van der Waals surface area contributed by atoms with Crippen LogP contribution in [0.25, 0.3) is 0 Å². The van der Waals surface area contributed by atoms with Crippen LogP contribution >= 0.6 is 0 Å². The highest BCUT2D eigenvalue weighted by atomic mass is 16.2. The van der Waals surface area contributed by atoms with Crippen molar-refractivity contribution in [2.45, 2.75) is 12.8 Å². The van der Waals surface area contributed by atoms with E-state index < -0.39 is 0 Å². The second-order valence-electron chi connectivity index (χ2n) is 6.81. The molecule has 5 heteroatoms. The summed E-state index contributed by atoms with van der Waals surface area (Å²) < 4.78 is 0. The third-order valence-corrected chi connectivity index (χ3v) is 4.94. The van der Waals surface area contributed by atoms with Gasteiger partial charge < -0.3 is 10.2 Å². The number of hydrogen-bond donors (Lipinski definition) is 1. The van der Waals surface area contributed by atoms with Gasteiger partial charge >= 0.3 is 0 Å². The molecule has 2 aromatic carbocycles. The zero-order valence-electron chi connectivity index (χ0n) is 15.8. The van der Waals surface area contributed by atoms with Crippen molar-refractivity contribution < 1.29 is 9.59 Å². The van der Waals surface area contributed by atoms with Gasteiger partial charge in [0.1, 0.15) is 0 Å². The average Bonchev–Trinajstić information content (AvgIpc) is 2.70. The first-order valence-corrected chi connectivity index (χ1v) is 9.56. The van der Waals surface area contributed by atoms with Crippen LogP contribution in [0, 0.1) is 0 Å². The molecule has 5 nitrogen and oxygen atoms in total. The van der Waals surface area contributed by atoms with E-state index in [1.165, 1.54) is 0 Å². The Labute approximate surface area is 161 Å². The number of nitrogens with one attached hydrogen (secondary N) is 1. The maximum absolute atomic E-state index is 13.4. The second kappa shape index (κ2) is 9.33. The first-order chi connectivity index (χ1) is 13.2. The van der Waals surface area contributed by atoms with E-state index in [1.807, 2.05) is 72.5 Å². The van der Waals surface area contributed by atoms with E-state index in [9.17, 15) is 9.59 Å². The Morgan fingerprint density at radius 1 is 0.889 bits per heavy atom. The zero-order valence-corrected chi connectivity index (χ0v) is 15.8. The predicted octanol–water partition coefficient (Wildman–Crippen LogP) is 2.10. The first-order valence-electron chi connectivity index (χ1n) is 9.56. The summed E-state index contributed by atoms with van der Waals surface area (Å²) in [6.07, 6.45) is 0. The molecule has 3 rings (SSSR count). The molecule has 142 valence electrons. The summed E-state index contributed by atoms with van der Waals surface area (Å²) in [5.41, 5.74) is 2.02. The molecule has 0 aromatic heterocycles. The van der Waals surface area contributed by atoms with Crippen molar-refractivity contribution in [2.75, 3.05) is 39.3 Å². The molecule has 0 spiro atoms. The lowest BCUT2D eigenvalue weighted by Crippen LogP contribution is -2.52. The van der Waals surface area contributed by atoms with Gasteiger partial charge in [0.2, 0.25) is 11.8 Å². The molecule has 2 amide bonds. The minimum absolute atomic E-state index is 0.0451. The number of nitrogens with zero attached hydrogens (tertiary/aromatic N) is 2. The second-order valence-corrected chi connectivity index (χ2v) is 6.81. The van der Waals surface area contributed by atoms with Gasteiger partial charge in [-0.2, -0.15) is 0 Å². The smallest absolute Gasteiger partial charge is 0.234 e. The molecule has 0 bridgehead atoms. The minimum atomic E-state index is -0.289. The van der Waals surface area contributed by atoms with Crippen molar-refractivity contribution in [1.29, 1.82) is 0 Å². The largest absolute Gasteiger partial charge is 0.355 e. The minimum Gasteiger partial charge on any atom is -0.355 e. The van der Waals surface area contributed by atoms with Crippen LogP contribution in [0.2, 0.25) is 0 Å². The summed E-state index contributed by atoms with van der Waals surface area (Å²) in [6, 6.07) is 19.9.